The van der Waals surface area contributed by atoms with Gasteiger partial charge in [0.05, 0.1) is 11.4 Å². The molecule has 4 heteroatoms. The van der Waals surface area contributed by atoms with Crippen LogP contribution >= 0.6 is 0 Å². The minimum Gasteiger partial charge on any atom is -0.365 e. The maximum atomic E-state index is 12.5. The number of carbonyl (C=O) groups excluding carboxylic acids is 1. The molecule has 1 spiro atoms. The number of para-hydroxylation sites is 3. The first kappa shape index (κ1) is 11.2. The second-order valence-electron chi connectivity index (χ2n) is 5.06. The van der Waals surface area contributed by atoms with Gasteiger partial charge in [0, 0.05) is 23.9 Å². The van der Waals surface area contributed by atoms with Crippen molar-refractivity contribution in [3.63, 3.8) is 0 Å². The number of fused-ring (bicyclic) bond motifs is 3. The summed E-state index contributed by atoms with van der Waals surface area (Å²) in [5.41, 5.74) is 2.84. The smallest absolute Gasteiger partial charge is 0.255 e. The van der Waals surface area contributed by atoms with E-state index in [-0.39, 0.29) is 5.91 Å². The Kier molecular flexibility index (Phi) is 2.21. The molecule has 20 heavy (non-hydrogen) atoms. The Morgan fingerprint density at radius 2 is 1.75 bits per heavy atom. The summed E-state index contributed by atoms with van der Waals surface area (Å²) in [6.45, 7) is 0. The van der Waals surface area contributed by atoms with Crippen LogP contribution in [0.15, 0.2) is 53.5 Å². The summed E-state index contributed by atoms with van der Waals surface area (Å²) in [5, 5.41) is 6.36. The van der Waals surface area contributed by atoms with Crippen LogP contribution in [0.25, 0.3) is 0 Å². The maximum Gasteiger partial charge on any atom is 0.255 e. The van der Waals surface area contributed by atoms with E-state index < -0.39 is 5.54 Å². The molecule has 0 fully saturated rings. The Bertz CT molecular complexity index is 738. The Balaban J connectivity index is 1.91. The molecule has 0 aliphatic carbocycles. The molecule has 2 aliphatic rings. The van der Waals surface area contributed by atoms with Crippen molar-refractivity contribution < 1.29 is 4.79 Å². The molecule has 1 unspecified atom stereocenters. The normalized spacial score (nSPS) is 22.7. The number of aliphatic imine (C=N–C) groups is 1. The fourth-order valence-electron chi connectivity index (χ4n) is 2.90. The second-order valence-corrected chi connectivity index (χ2v) is 5.06. The lowest BCUT2D eigenvalue weighted by atomic mass is 9.88. The molecule has 0 saturated heterocycles. The molecule has 2 aromatic rings. The van der Waals surface area contributed by atoms with Crippen LogP contribution in [0.4, 0.5) is 17.1 Å². The minimum absolute atomic E-state index is 0.0261. The summed E-state index contributed by atoms with van der Waals surface area (Å²) < 4.78 is 0. The number of nitrogens with one attached hydrogen (secondary N) is 2. The van der Waals surface area contributed by atoms with Crippen molar-refractivity contribution in [2.24, 2.45) is 4.99 Å². The lowest BCUT2D eigenvalue weighted by Gasteiger charge is -2.27. The van der Waals surface area contributed by atoms with E-state index in [0.717, 1.165) is 22.6 Å². The van der Waals surface area contributed by atoms with Crippen molar-refractivity contribution in [2.45, 2.75) is 12.0 Å². The average molecular weight is 263 g/mol. The average Bonchev–Trinajstić information content (AvgIpc) is 2.63. The summed E-state index contributed by atoms with van der Waals surface area (Å²) in [6.07, 6.45) is 2.35. The van der Waals surface area contributed by atoms with E-state index >= 15 is 0 Å². The highest BCUT2D eigenvalue weighted by Gasteiger charge is 2.47. The van der Waals surface area contributed by atoms with Crippen LogP contribution in [0.2, 0.25) is 0 Å². The van der Waals surface area contributed by atoms with Crippen molar-refractivity contribution in [1.82, 2.24) is 0 Å². The molecule has 1 amide bonds. The highest BCUT2D eigenvalue weighted by Crippen LogP contribution is 2.43. The largest absolute Gasteiger partial charge is 0.365 e. The van der Waals surface area contributed by atoms with Gasteiger partial charge in [-0.25, -0.2) is 0 Å². The Morgan fingerprint density at radius 1 is 1.00 bits per heavy atom. The van der Waals surface area contributed by atoms with Gasteiger partial charge in [0.2, 0.25) is 0 Å². The van der Waals surface area contributed by atoms with E-state index in [1.807, 2.05) is 54.7 Å². The van der Waals surface area contributed by atoms with E-state index in [1.165, 1.54) is 0 Å². The molecular weight excluding hydrogens is 250 g/mol. The van der Waals surface area contributed by atoms with Gasteiger partial charge in [-0.05, 0) is 18.2 Å². The number of nitrogens with zero attached hydrogens (tertiary/aromatic N) is 1. The third-order valence-corrected chi connectivity index (χ3v) is 3.90. The van der Waals surface area contributed by atoms with Crippen molar-refractivity contribution in [3.05, 3.63) is 54.1 Å². The number of hydrogen-bond acceptors (Lipinski definition) is 3. The number of rotatable bonds is 0. The predicted octanol–water partition coefficient (Wildman–Crippen LogP) is 3.05. The number of hydrogen-bond donors (Lipinski definition) is 2. The predicted molar refractivity (Wildman–Crippen MR) is 79.6 cm³/mol. The zero-order valence-corrected chi connectivity index (χ0v) is 10.8. The van der Waals surface area contributed by atoms with Gasteiger partial charge in [0.15, 0.2) is 0 Å². The fraction of sp³-hybridized carbons (Fsp3) is 0.125. The van der Waals surface area contributed by atoms with Gasteiger partial charge in [-0.3, -0.25) is 9.79 Å². The number of carbonyl (C=O) groups is 1. The van der Waals surface area contributed by atoms with E-state index in [0.29, 0.717) is 6.42 Å². The number of benzene rings is 2. The maximum absolute atomic E-state index is 12.5. The van der Waals surface area contributed by atoms with Crippen LogP contribution in [0.1, 0.15) is 12.0 Å². The second kappa shape index (κ2) is 3.93. The fourth-order valence-corrected chi connectivity index (χ4v) is 2.90. The van der Waals surface area contributed by atoms with Crippen LogP contribution < -0.4 is 10.6 Å². The highest BCUT2D eigenvalue weighted by molar-refractivity contribution is 6.09. The summed E-state index contributed by atoms with van der Waals surface area (Å²) in [5.74, 6) is -0.0261. The quantitative estimate of drug-likeness (QED) is 0.767. The molecule has 2 aliphatic heterocycles. The Morgan fingerprint density at radius 3 is 2.65 bits per heavy atom. The van der Waals surface area contributed by atoms with Crippen molar-refractivity contribution in [3.8, 4) is 0 Å². The van der Waals surface area contributed by atoms with Gasteiger partial charge >= 0.3 is 0 Å². The van der Waals surface area contributed by atoms with Gasteiger partial charge in [0.1, 0.15) is 5.54 Å². The Labute approximate surface area is 116 Å². The van der Waals surface area contributed by atoms with Crippen LogP contribution in [0, 0.1) is 0 Å². The molecule has 2 heterocycles. The lowest BCUT2D eigenvalue weighted by Crippen LogP contribution is -2.42. The molecule has 0 bridgehead atoms. The molecule has 2 aromatic carbocycles. The molecule has 4 rings (SSSR count). The summed E-state index contributed by atoms with van der Waals surface area (Å²) >= 11 is 0. The summed E-state index contributed by atoms with van der Waals surface area (Å²) in [6, 6.07) is 15.6. The van der Waals surface area contributed by atoms with Crippen molar-refractivity contribution >= 4 is 29.2 Å². The van der Waals surface area contributed by atoms with Gasteiger partial charge in [0.25, 0.3) is 5.91 Å². The summed E-state index contributed by atoms with van der Waals surface area (Å²) in [7, 11) is 0. The van der Waals surface area contributed by atoms with Gasteiger partial charge in [-0.15, -0.1) is 0 Å². The first-order valence-corrected chi connectivity index (χ1v) is 6.60. The molecule has 0 saturated carbocycles. The van der Waals surface area contributed by atoms with Gasteiger partial charge in [-0.2, -0.15) is 0 Å². The highest BCUT2D eigenvalue weighted by atomic mass is 16.2. The first-order chi connectivity index (χ1) is 9.79. The van der Waals surface area contributed by atoms with Crippen LogP contribution in [-0.2, 0) is 10.3 Å². The monoisotopic (exact) mass is 263 g/mol. The number of amides is 1. The standard InChI is InChI=1S/C16H13N3O/c20-15-16(11-5-1-2-6-12(11)18-15)9-10-17-13-7-3-4-8-14(13)19-16/h1-8,10,19H,9H2,(H,18,20). The molecule has 0 radical (unpaired) electrons. The molecule has 2 N–H and O–H groups in total. The van der Waals surface area contributed by atoms with Crippen molar-refractivity contribution in [2.75, 3.05) is 10.6 Å². The SMILES string of the molecule is O=C1Nc2ccccc2C12CC=Nc1ccccc1N2. The van der Waals surface area contributed by atoms with Crippen molar-refractivity contribution in [1.29, 1.82) is 0 Å². The molecular formula is C16H13N3O. The summed E-state index contributed by atoms with van der Waals surface area (Å²) in [4.78, 5) is 17.0. The molecule has 1 atom stereocenters. The minimum atomic E-state index is -0.757. The molecule has 0 aromatic heterocycles. The van der Waals surface area contributed by atoms with Crippen LogP contribution in [-0.4, -0.2) is 12.1 Å². The van der Waals surface area contributed by atoms with E-state index in [9.17, 15) is 4.79 Å². The molecule has 98 valence electrons. The molecule has 4 nitrogen and oxygen atoms in total. The van der Waals surface area contributed by atoms with Gasteiger partial charge < -0.3 is 10.6 Å². The number of anilines is 2. The van der Waals surface area contributed by atoms with Crippen LogP contribution in [0.5, 0.6) is 0 Å². The third kappa shape index (κ3) is 1.42. The van der Waals surface area contributed by atoms with E-state index in [4.69, 9.17) is 0 Å². The Hall–Kier alpha value is -2.62. The third-order valence-electron chi connectivity index (χ3n) is 3.90. The first-order valence-electron chi connectivity index (χ1n) is 6.60. The van der Waals surface area contributed by atoms with Crippen LogP contribution in [0.3, 0.4) is 0 Å². The van der Waals surface area contributed by atoms with Gasteiger partial charge in [-0.1, -0.05) is 30.3 Å². The topological polar surface area (TPSA) is 53.5 Å². The lowest BCUT2D eigenvalue weighted by molar-refractivity contribution is -0.119. The van der Waals surface area contributed by atoms with E-state index in [1.54, 1.807) is 0 Å². The zero-order valence-electron chi connectivity index (χ0n) is 10.8. The zero-order chi connectivity index (χ0) is 13.6. The van der Waals surface area contributed by atoms with E-state index in [2.05, 4.69) is 15.6 Å².